The van der Waals surface area contributed by atoms with Crippen molar-refractivity contribution in [2.45, 2.75) is 38.5 Å². The fourth-order valence-electron chi connectivity index (χ4n) is 2.90. The van der Waals surface area contributed by atoms with Crippen LogP contribution in [-0.2, 0) is 4.79 Å². The van der Waals surface area contributed by atoms with E-state index in [4.69, 9.17) is 11.6 Å². The van der Waals surface area contributed by atoms with Crippen LogP contribution in [0, 0.1) is 17.3 Å². The highest BCUT2D eigenvalue weighted by molar-refractivity contribution is 6.35. The SMILES string of the molecule is CC1(Cl)C(=O)CC2CC1C2(C)C. The first-order chi connectivity index (χ1) is 5.37. The molecule has 0 radical (unpaired) electrons. The third-order valence-corrected chi connectivity index (χ3v) is 4.58. The van der Waals surface area contributed by atoms with E-state index in [-0.39, 0.29) is 5.78 Å². The standard InChI is InChI=1S/C10H15ClO/c1-9(2)6-4-7(9)10(3,11)8(12)5-6/h6-7H,4-5H2,1-3H3. The van der Waals surface area contributed by atoms with Crippen LogP contribution < -0.4 is 0 Å². The van der Waals surface area contributed by atoms with E-state index in [9.17, 15) is 4.79 Å². The van der Waals surface area contributed by atoms with Crippen molar-refractivity contribution in [2.24, 2.45) is 17.3 Å². The average molecular weight is 187 g/mol. The van der Waals surface area contributed by atoms with Crippen molar-refractivity contribution < 1.29 is 4.79 Å². The summed E-state index contributed by atoms with van der Waals surface area (Å²) in [6, 6.07) is 0. The molecule has 0 amide bonds. The van der Waals surface area contributed by atoms with Crippen LogP contribution in [0.4, 0.5) is 0 Å². The molecule has 3 aliphatic rings. The van der Waals surface area contributed by atoms with Crippen molar-refractivity contribution in [3.63, 3.8) is 0 Å². The number of rotatable bonds is 0. The van der Waals surface area contributed by atoms with E-state index in [0.717, 1.165) is 6.42 Å². The normalized spacial score (nSPS) is 50.2. The van der Waals surface area contributed by atoms with E-state index in [1.54, 1.807) is 0 Å². The molecule has 0 aromatic rings. The molecule has 0 saturated heterocycles. The predicted octanol–water partition coefficient (Wildman–Crippen LogP) is 2.62. The van der Waals surface area contributed by atoms with Gasteiger partial charge in [-0.2, -0.15) is 0 Å². The maximum Gasteiger partial charge on any atom is 0.154 e. The lowest BCUT2D eigenvalue weighted by Gasteiger charge is -2.61. The number of ketones is 1. The van der Waals surface area contributed by atoms with Crippen LogP contribution in [0.1, 0.15) is 33.6 Å². The second-order valence-corrected chi connectivity index (χ2v) is 5.79. The van der Waals surface area contributed by atoms with E-state index >= 15 is 0 Å². The van der Waals surface area contributed by atoms with Crippen molar-refractivity contribution in [1.29, 1.82) is 0 Å². The Balaban J connectivity index is 2.33. The molecule has 0 aromatic heterocycles. The molecule has 0 aliphatic heterocycles. The Morgan fingerprint density at radius 3 is 2.33 bits per heavy atom. The van der Waals surface area contributed by atoms with Gasteiger partial charge in [0.25, 0.3) is 0 Å². The van der Waals surface area contributed by atoms with Crippen LogP contribution in [0.25, 0.3) is 0 Å². The Morgan fingerprint density at radius 1 is 1.42 bits per heavy atom. The van der Waals surface area contributed by atoms with E-state index in [1.807, 2.05) is 6.92 Å². The van der Waals surface area contributed by atoms with Crippen molar-refractivity contribution in [2.75, 3.05) is 0 Å². The topological polar surface area (TPSA) is 17.1 Å². The second-order valence-electron chi connectivity index (χ2n) is 5.01. The van der Waals surface area contributed by atoms with Crippen LogP contribution in [0.2, 0.25) is 0 Å². The molecule has 0 spiro atoms. The van der Waals surface area contributed by atoms with Crippen molar-refractivity contribution in [1.82, 2.24) is 0 Å². The monoisotopic (exact) mass is 186 g/mol. The molecule has 3 unspecified atom stereocenters. The molecule has 0 N–H and O–H groups in total. The number of fused-ring (bicyclic) bond motifs is 2. The molecular weight excluding hydrogens is 172 g/mol. The fraction of sp³-hybridized carbons (Fsp3) is 0.900. The van der Waals surface area contributed by atoms with Crippen LogP contribution in [0.15, 0.2) is 0 Å². The molecule has 2 heteroatoms. The van der Waals surface area contributed by atoms with E-state index in [0.29, 0.717) is 23.7 Å². The van der Waals surface area contributed by atoms with Gasteiger partial charge < -0.3 is 0 Å². The summed E-state index contributed by atoms with van der Waals surface area (Å²) in [7, 11) is 0. The molecule has 0 aromatic carbocycles. The largest absolute Gasteiger partial charge is 0.298 e. The number of hydrogen-bond donors (Lipinski definition) is 0. The van der Waals surface area contributed by atoms with Crippen molar-refractivity contribution in [3.05, 3.63) is 0 Å². The van der Waals surface area contributed by atoms with Gasteiger partial charge in [0.05, 0.1) is 0 Å². The highest BCUT2D eigenvalue weighted by Crippen LogP contribution is 2.63. The summed E-state index contributed by atoms with van der Waals surface area (Å²) in [5.41, 5.74) is 0.296. The van der Waals surface area contributed by atoms with Gasteiger partial charge in [-0.05, 0) is 30.6 Å². The van der Waals surface area contributed by atoms with Gasteiger partial charge in [-0.25, -0.2) is 0 Å². The fourth-order valence-corrected chi connectivity index (χ4v) is 3.35. The molecule has 1 nitrogen and oxygen atoms in total. The van der Waals surface area contributed by atoms with Crippen LogP contribution in [-0.4, -0.2) is 10.7 Å². The second kappa shape index (κ2) is 2.06. The van der Waals surface area contributed by atoms with E-state index in [1.165, 1.54) is 0 Å². The highest BCUT2D eigenvalue weighted by Gasteiger charge is 2.62. The number of hydrogen-bond acceptors (Lipinski definition) is 1. The molecule has 3 saturated carbocycles. The summed E-state index contributed by atoms with van der Waals surface area (Å²) in [6.45, 7) is 6.36. The van der Waals surface area contributed by atoms with Gasteiger partial charge in [0.2, 0.25) is 0 Å². The van der Waals surface area contributed by atoms with Gasteiger partial charge in [-0.1, -0.05) is 13.8 Å². The van der Waals surface area contributed by atoms with Crippen molar-refractivity contribution in [3.8, 4) is 0 Å². The summed E-state index contributed by atoms with van der Waals surface area (Å²) in [5, 5.41) is 0. The predicted molar refractivity (Wildman–Crippen MR) is 49.3 cm³/mol. The summed E-state index contributed by atoms with van der Waals surface area (Å²) >= 11 is 6.25. The Hall–Kier alpha value is -0.0400. The number of carbonyl (C=O) groups is 1. The minimum atomic E-state index is -0.571. The third-order valence-electron chi connectivity index (χ3n) is 4.10. The summed E-state index contributed by atoms with van der Waals surface area (Å²) in [4.78, 5) is 10.9. The van der Waals surface area contributed by atoms with Gasteiger partial charge in [-0.15, -0.1) is 11.6 Å². The molecule has 2 bridgehead atoms. The molecule has 3 rings (SSSR count). The molecule has 12 heavy (non-hydrogen) atoms. The van der Waals surface area contributed by atoms with Crippen LogP contribution >= 0.6 is 11.6 Å². The first kappa shape index (κ1) is 8.55. The molecule has 3 aliphatic carbocycles. The number of Topliss-reactive ketones (excluding diaryl/α,β-unsaturated/α-hetero) is 1. The zero-order valence-corrected chi connectivity index (χ0v) is 8.61. The Bertz CT molecular complexity index is 242. The lowest BCUT2D eigenvalue weighted by atomic mass is 9.45. The van der Waals surface area contributed by atoms with Gasteiger partial charge in [-0.3, -0.25) is 4.79 Å². The van der Waals surface area contributed by atoms with Gasteiger partial charge in [0.15, 0.2) is 5.78 Å². The van der Waals surface area contributed by atoms with E-state index < -0.39 is 4.87 Å². The zero-order valence-electron chi connectivity index (χ0n) is 7.86. The Morgan fingerprint density at radius 2 is 2.00 bits per heavy atom. The lowest BCUT2D eigenvalue weighted by molar-refractivity contribution is -0.148. The van der Waals surface area contributed by atoms with Gasteiger partial charge in [0, 0.05) is 6.42 Å². The molecule has 68 valence electrons. The third kappa shape index (κ3) is 0.783. The summed E-state index contributed by atoms with van der Waals surface area (Å²) in [5.74, 6) is 1.25. The lowest BCUT2D eigenvalue weighted by Crippen LogP contribution is -2.62. The number of halogens is 1. The summed E-state index contributed by atoms with van der Waals surface area (Å²) < 4.78 is 0. The quantitative estimate of drug-likeness (QED) is 0.532. The van der Waals surface area contributed by atoms with Crippen molar-refractivity contribution >= 4 is 17.4 Å². The van der Waals surface area contributed by atoms with Gasteiger partial charge >= 0.3 is 0 Å². The Kier molecular flexibility index (Phi) is 1.47. The van der Waals surface area contributed by atoms with Crippen LogP contribution in [0.3, 0.4) is 0 Å². The maximum atomic E-state index is 11.5. The van der Waals surface area contributed by atoms with E-state index in [2.05, 4.69) is 13.8 Å². The first-order valence-electron chi connectivity index (χ1n) is 4.59. The average Bonchev–Trinajstić information content (AvgIpc) is 1.93. The Labute approximate surface area is 78.5 Å². The zero-order chi connectivity index (χ0) is 9.15. The van der Waals surface area contributed by atoms with Gasteiger partial charge in [0.1, 0.15) is 4.87 Å². The molecular formula is C10H15ClO. The minimum Gasteiger partial charge on any atom is -0.298 e. The number of alkyl halides is 1. The first-order valence-corrected chi connectivity index (χ1v) is 4.97. The molecule has 3 atom stereocenters. The van der Waals surface area contributed by atoms with Crippen LogP contribution in [0.5, 0.6) is 0 Å². The minimum absolute atomic E-state index is 0.254. The molecule has 3 fully saturated rings. The maximum absolute atomic E-state index is 11.5. The summed E-state index contributed by atoms with van der Waals surface area (Å²) in [6.07, 6.45) is 1.85. The molecule has 0 heterocycles. The highest BCUT2D eigenvalue weighted by atomic mass is 35.5. The number of carbonyl (C=O) groups excluding carboxylic acids is 1. The smallest absolute Gasteiger partial charge is 0.154 e.